The molecule has 6 nitrogen and oxygen atoms in total. The SMILES string of the molecule is [2H]c1c(C2=NNC(=O)CC2C)c([2H])c2nc(-c3ccc(O)cc3)n([2H])c2c1[2H]. The topological polar surface area (TPSA) is 90.4 Å². The zero-order valence-electron chi connectivity index (χ0n) is 16.8. The Morgan fingerprint density at radius 1 is 1.29 bits per heavy atom. The number of fused-ring (bicyclic) bond motifs is 1. The number of rotatable bonds is 2. The normalized spacial score (nSPS) is 20.0. The molecule has 1 aliphatic heterocycles. The summed E-state index contributed by atoms with van der Waals surface area (Å²) in [6.45, 7) is 1.77. The molecular weight excluding hydrogens is 304 g/mol. The Bertz CT molecular complexity index is 1160. The highest BCUT2D eigenvalue weighted by molar-refractivity contribution is 6.07. The first-order valence-corrected chi connectivity index (χ1v) is 7.47. The van der Waals surface area contributed by atoms with E-state index in [1.165, 1.54) is 12.1 Å². The molecule has 3 N–H and O–H groups in total. The number of aromatic amines is 1. The molecule has 0 fully saturated rings. The van der Waals surface area contributed by atoms with Crippen molar-refractivity contribution >= 4 is 22.7 Å². The molecule has 1 atom stereocenters. The summed E-state index contributed by atoms with van der Waals surface area (Å²) in [5, 5.41) is 13.5. The zero-order valence-corrected chi connectivity index (χ0v) is 12.8. The van der Waals surface area contributed by atoms with E-state index in [9.17, 15) is 9.90 Å². The standard InChI is InChI=1S/C18H16N4O2/c1-10-8-16(24)21-22-17(10)12-4-7-14-15(9-12)20-18(19-14)11-2-5-13(23)6-3-11/h2-7,9-10,23H,8H2,1H3,(H,19,20)(H,21,24)/i4D,7D,9D/hD. The van der Waals surface area contributed by atoms with Gasteiger partial charge in [0.25, 0.3) is 0 Å². The molecule has 6 heteroatoms. The van der Waals surface area contributed by atoms with Crippen LogP contribution in [0.25, 0.3) is 22.4 Å². The minimum atomic E-state index is -0.312. The van der Waals surface area contributed by atoms with Gasteiger partial charge in [-0.3, -0.25) is 4.79 Å². The monoisotopic (exact) mass is 324 g/mol. The van der Waals surface area contributed by atoms with Crippen molar-refractivity contribution in [1.82, 2.24) is 15.4 Å². The number of H-pyrrole nitrogens is 1. The van der Waals surface area contributed by atoms with Gasteiger partial charge in [0.2, 0.25) is 5.91 Å². The fourth-order valence-electron chi connectivity index (χ4n) is 2.61. The molecule has 2 aromatic carbocycles. The van der Waals surface area contributed by atoms with Crippen LogP contribution in [-0.2, 0) is 4.79 Å². The molecule has 1 amide bonds. The summed E-state index contributed by atoms with van der Waals surface area (Å²) in [6.07, 6.45) is 0.175. The molecule has 0 aliphatic carbocycles. The van der Waals surface area contributed by atoms with Gasteiger partial charge in [0.1, 0.15) is 11.6 Å². The summed E-state index contributed by atoms with van der Waals surface area (Å²) in [5.74, 6) is -0.290. The second-order valence-corrected chi connectivity index (χ2v) is 5.68. The van der Waals surface area contributed by atoms with Crippen LogP contribution in [0.1, 0.15) is 23.0 Å². The molecule has 0 bridgehead atoms. The molecule has 0 saturated carbocycles. The van der Waals surface area contributed by atoms with Gasteiger partial charge in [-0.1, -0.05) is 13.0 Å². The van der Waals surface area contributed by atoms with Crippen LogP contribution in [0.4, 0.5) is 0 Å². The fourth-order valence-corrected chi connectivity index (χ4v) is 2.61. The van der Waals surface area contributed by atoms with Crippen molar-refractivity contribution in [2.45, 2.75) is 13.3 Å². The third-order valence-corrected chi connectivity index (χ3v) is 3.85. The van der Waals surface area contributed by atoms with Gasteiger partial charge in [0, 0.05) is 23.5 Å². The summed E-state index contributed by atoms with van der Waals surface area (Å²) >= 11 is 0. The van der Waals surface area contributed by atoms with Gasteiger partial charge in [-0.15, -0.1) is 0 Å². The number of phenols is 1. The second kappa shape index (κ2) is 5.49. The summed E-state index contributed by atoms with van der Waals surface area (Å²) in [7, 11) is 0. The molecule has 24 heavy (non-hydrogen) atoms. The van der Waals surface area contributed by atoms with Gasteiger partial charge in [0.15, 0.2) is 1.41 Å². The van der Waals surface area contributed by atoms with Gasteiger partial charge < -0.3 is 10.1 Å². The first-order valence-electron chi connectivity index (χ1n) is 9.42. The molecule has 0 spiro atoms. The predicted molar refractivity (Wildman–Crippen MR) is 91.7 cm³/mol. The molecule has 1 unspecified atom stereocenters. The molecule has 0 radical (unpaired) electrons. The van der Waals surface area contributed by atoms with E-state index >= 15 is 0 Å². The number of carbonyl (C=O) groups is 1. The summed E-state index contributed by atoms with van der Waals surface area (Å²) in [4.78, 5) is 16.8. The number of amides is 1. The number of nitrogens with one attached hydrogen (secondary N) is 2. The number of hydrazone groups is 1. The fraction of sp³-hybridized carbons (Fsp3) is 0.167. The molecule has 2 heterocycles. The van der Waals surface area contributed by atoms with Crippen molar-refractivity contribution in [3.63, 3.8) is 0 Å². The van der Waals surface area contributed by atoms with Crippen molar-refractivity contribution in [2.75, 3.05) is 0 Å². The largest absolute Gasteiger partial charge is 0.508 e. The minimum absolute atomic E-state index is 0.0509. The van der Waals surface area contributed by atoms with Crippen LogP contribution in [0, 0.1) is 5.92 Å². The molecule has 120 valence electrons. The van der Waals surface area contributed by atoms with Crippen molar-refractivity contribution in [3.8, 4) is 17.1 Å². The summed E-state index contributed by atoms with van der Waals surface area (Å²) in [5.41, 5.74) is 3.56. The Kier molecular flexibility index (Phi) is 2.42. The molecule has 3 aromatic rings. The third-order valence-electron chi connectivity index (χ3n) is 3.85. The quantitative estimate of drug-likeness (QED) is 0.677. The van der Waals surface area contributed by atoms with Gasteiger partial charge >= 0.3 is 0 Å². The maximum Gasteiger partial charge on any atom is 0.240 e. The van der Waals surface area contributed by atoms with E-state index in [1.54, 1.807) is 19.1 Å². The van der Waals surface area contributed by atoms with Crippen molar-refractivity contribution in [1.29, 1.82) is 0 Å². The van der Waals surface area contributed by atoms with E-state index in [1.807, 2.05) is 0 Å². The number of nitrogens with zero attached hydrogens (tertiary/aromatic N) is 2. The van der Waals surface area contributed by atoms with Gasteiger partial charge in [-0.25, -0.2) is 10.4 Å². The second-order valence-electron chi connectivity index (χ2n) is 5.68. The number of aromatic hydroxyl groups is 1. The van der Waals surface area contributed by atoms with Crippen LogP contribution in [-0.4, -0.2) is 26.7 Å². The number of imidazole rings is 1. The van der Waals surface area contributed by atoms with Crippen LogP contribution in [0.5, 0.6) is 5.75 Å². The highest BCUT2D eigenvalue weighted by Gasteiger charge is 2.22. The lowest BCUT2D eigenvalue weighted by molar-refractivity contribution is -0.121. The minimum Gasteiger partial charge on any atom is -0.508 e. The van der Waals surface area contributed by atoms with Crippen LogP contribution >= 0.6 is 0 Å². The van der Waals surface area contributed by atoms with E-state index < -0.39 is 0 Å². The Morgan fingerprint density at radius 2 is 2.08 bits per heavy atom. The van der Waals surface area contributed by atoms with Crippen LogP contribution in [0.3, 0.4) is 0 Å². The van der Waals surface area contributed by atoms with Gasteiger partial charge in [0.05, 0.1) is 20.9 Å². The van der Waals surface area contributed by atoms with E-state index in [0.717, 1.165) is 4.98 Å². The number of carbonyl (C=O) groups excluding carboxylic acids is 1. The van der Waals surface area contributed by atoms with E-state index in [4.69, 9.17) is 5.52 Å². The number of hydrogen-bond donors (Lipinski definition) is 3. The van der Waals surface area contributed by atoms with E-state index in [0.29, 0.717) is 11.3 Å². The zero-order chi connectivity index (χ0) is 20.2. The lowest BCUT2D eigenvalue weighted by Crippen LogP contribution is -2.31. The molecule has 1 aliphatic rings. The molecule has 1 aromatic heterocycles. The highest BCUT2D eigenvalue weighted by Crippen LogP contribution is 2.24. The third kappa shape index (κ3) is 2.52. The number of aromatic nitrogens is 2. The van der Waals surface area contributed by atoms with Crippen LogP contribution in [0.15, 0.2) is 47.5 Å². The van der Waals surface area contributed by atoms with Crippen molar-refractivity contribution < 1.29 is 15.4 Å². The predicted octanol–water partition coefficient (Wildman–Crippen LogP) is 2.80. The van der Waals surface area contributed by atoms with Crippen molar-refractivity contribution in [2.24, 2.45) is 11.0 Å². The Labute approximate surface area is 143 Å². The molecule has 4 rings (SSSR count). The Hall–Kier alpha value is -3.15. The first kappa shape index (κ1) is 10.6. The number of benzene rings is 2. The highest BCUT2D eigenvalue weighted by atomic mass is 16.3. The smallest absolute Gasteiger partial charge is 0.240 e. The first-order chi connectivity index (χ1) is 13.3. The lowest BCUT2D eigenvalue weighted by Gasteiger charge is -2.18. The maximum absolute atomic E-state index is 11.5. The van der Waals surface area contributed by atoms with Crippen molar-refractivity contribution in [3.05, 3.63) is 48.0 Å². The van der Waals surface area contributed by atoms with Crippen LogP contribution < -0.4 is 5.43 Å². The average molecular weight is 324 g/mol. The van der Waals surface area contributed by atoms with E-state index in [-0.39, 0.29) is 64.5 Å². The summed E-state index contributed by atoms with van der Waals surface area (Å²) in [6, 6.07) is 5.51. The maximum atomic E-state index is 11.5. The van der Waals surface area contributed by atoms with Gasteiger partial charge in [-0.05, 0) is 36.4 Å². The summed E-state index contributed by atoms with van der Waals surface area (Å²) < 4.78 is 33.6. The van der Waals surface area contributed by atoms with Crippen LogP contribution in [0.2, 0.25) is 1.41 Å². The molecule has 0 saturated heterocycles. The Balaban J connectivity index is 1.98. The van der Waals surface area contributed by atoms with Gasteiger partial charge in [-0.2, -0.15) is 5.10 Å². The Morgan fingerprint density at radius 3 is 2.83 bits per heavy atom. The lowest BCUT2D eigenvalue weighted by atomic mass is 9.94. The molecular formula is C18H16N4O2. The number of phenolic OH excluding ortho intramolecular Hbond substituents is 1. The number of hydrogen-bond acceptors (Lipinski definition) is 4. The van der Waals surface area contributed by atoms with E-state index in [2.05, 4.69) is 15.5 Å². The average Bonchev–Trinajstić information content (AvgIpc) is 3.00.